The first-order valence-electron chi connectivity index (χ1n) is 13.5. The average molecular weight is 535 g/mol. The number of nitrogens with zero attached hydrogens (tertiary/aromatic N) is 6. The fourth-order valence-electron chi connectivity index (χ4n) is 6.07. The monoisotopic (exact) mass is 534 g/mol. The Kier molecular flexibility index (Phi) is 7.62. The predicted octanol–water partition coefficient (Wildman–Crippen LogP) is 3.06. The molecule has 0 bridgehead atoms. The average Bonchev–Trinajstić information content (AvgIpc) is 3.34. The summed E-state index contributed by atoms with van der Waals surface area (Å²) in [6.45, 7) is 9.38. The molecule has 1 N–H and O–H groups in total. The van der Waals surface area contributed by atoms with E-state index in [1.807, 2.05) is 6.92 Å². The molecule has 2 atom stereocenters. The van der Waals surface area contributed by atoms with Crippen molar-refractivity contribution in [3.05, 3.63) is 53.5 Å². The first-order chi connectivity index (χ1) is 18.8. The molecule has 9 nitrogen and oxygen atoms in total. The molecule has 5 rings (SSSR count). The van der Waals surface area contributed by atoms with Crippen molar-refractivity contribution in [2.75, 3.05) is 56.2 Å². The van der Waals surface area contributed by atoms with E-state index in [0.717, 1.165) is 30.6 Å². The number of carbonyl (C=O) groups excluding carboxylic acids is 1. The number of hydrogen-bond acceptors (Lipinski definition) is 8. The highest BCUT2D eigenvalue weighted by Crippen LogP contribution is 2.40. The minimum absolute atomic E-state index is 0.0773. The van der Waals surface area contributed by atoms with Gasteiger partial charge in [-0.3, -0.25) is 4.79 Å². The van der Waals surface area contributed by atoms with Gasteiger partial charge in [0.1, 0.15) is 35.5 Å². The number of hydrogen-bond donors (Lipinski definition) is 1. The third-order valence-electron chi connectivity index (χ3n) is 8.17. The molecular weight excluding hydrogens is 499 g/mol. The van der Waals surface area contributed by atoms with E-state index in [4.69, 9.17) is 9.72 Å². The smallest absolute Gasteiger partial charge is 0.246 e. The molecule has 2 unspecified atom stereocenters. The van der Waals surface area contributed by atoms with Gasteiger partial charge in [0.15, 0.2) is 0 Å². The molecular formula is C29H35FN6O3. The van der Waals surface area contributed by atoms with Crippen LogP contribution in [0.2, 0.25) is 0 Å². The number of aromatic nitrogens is 1. The molecule has 0 radical (unpaired) electrons. The maximum absolute atomic E-state index is 14.7. The van der Waals surface area contributed by atoms with Crippen LogP contribution >= 0.6 is 0 Å². The Bertz CT molecular complexity index is 1290. The number of ether oxygens (including phenoxy) is 1. The second-order valence-electron chi connectivity index (χ2n) is 10.6. The van der Waals surface area contributed by atoms with Gasteiger partial charge >= 0.3 is 0 Å². The zero-order chi connectivity index (χ0) is 27.7. The van der Waals surface area contributed by atoms with Crippen molar-refractivity contribution >= 4 is 17.3 Å². The van der Waals surface area contributed by atoms with Crippen molar-refractivity contribution < 1.29 is 19.0 Å². The van der Waals surface area contributed by atoms with Crippen LogP contribution in [0.1, 0.15) is 36.6 Å². The van der Waals surface area contributed by atoms with E-state index < -0.39 is 5.82 Å². The number of piperazine rings is 1. The van der Waals surface area contributed by atoms with Gasteiger partial charge in [-0.15, -0.1) is 0 Å². The molecule has 3 aliphatic heterocycles. The SMILES string of the molecule is C=CC(=O)N1CCN(c2c(C#N)c(OCC3CCCN3C)nc3c2CCN(c2c(O)cccc2F)C3)CC1C. The Hall–Kier alpha value is -3.84. The molecule has 1 aromatic carbocycles. The number of anilines is 2. The maximum Gasteiger partial charge on any atom is 0.246 e. The molecule has 0 spiro atoms. The molecule has 2 fully saturated rings. The number of rotatable bonds is 6. The summed E-state index contributed by atoms with van der Waals surface area (Å²) in [6.07, 6.45) is 3.98. The number of amides is 1. The number of fused-ring (bicyclic) bond motifs is 1. The van der Waals surface area contributed by atoms with Crippen LogP contribution in [0.4, 0.5) is 15.8 Å². The highest BCUT2D eigenvalue weighted by atomic mass is 19.1. The van der Waals surface area contributed by atoms with Gasteiger partial charge in [-0.2, -0.15) is 5.26 Å². The highest BCUT2D eigenvalue weighted by Gasteiger charge is 2.34. The van der Waals surface area contributed by atoms with Gasteiger partial charge in [0.05, 0.1) is 17.9 Å². The lowest BCUT2D eigenvalue weighted by molar-refractivity contribution is -0.128. The number of nitriles is 1. The van der Waals surface area contributed by atoms with E-state index in [-0.39, 0.29) is 41.9 Å². The van der Waals surface area contributed by atoms with Gasteiger partial charge in [-0.25, -0.2) is 9.37 Å². The summed E-state index contributed by atoms with van der Waals surface area (Å²) in [4.78, 5) is 25.1. The summed E-state index contributed by atoms with van der Waals surface area (Å²) in [6, 6.07) is 6.82. The number of phenolic OH excluding ortho intramolecular Hbond substituents is 1. The number of carbonyl (C=O) groups is 1. The predicted molar refractivity (Wildman–Crippen MR) is 147 cm³/mol. The minimum atomic E-state index is -0.495. The van der Waals surface area contributed by atoms with Crippen molar-refractivity contribution in [2.24, 2.45) is 0 Å². The topological polar surface area (TPSA) is 96.2 Å². The fraction of sp³-hybridized carbons (Fsp3) is 0.483. The van der Waals surface area contributed by atoms with Crippen LogP contribution < -0.4 is 14.5 Å². The first-order valence-corrected chi connectivity index (χ1v) is 13.5. The highest BCUT2D eigenvalue weighted by molar-refractivity contribution is 5.87. The summed E-state index contributed by atoms with van der Waals surface area (Å²) in [5, 5.41) is 20.8. The molecule has 10 heteroatoms. The lowest BCUT2D eigenvalue weighted by Gasteiger charge is -2.42. The largest absolute Gasteiger partial charge is 0.506 e. The molecule has 39 heavy (non-hydrogen) atoms. The van der Waals surface area contributed by atoms with Gasteiger partial charge in [-0.1, -0.05) is 12.6 Å². The zero-order valence-corrected chi connectivity index (χ0v) is 22.6. The second-order valence-corrected chi connectivity index (χ2v) is 10.6. The van der Waals surface area contributed by atoms with E-state index in [9.17, 15) is 19.6 Å². The molecule has 1 aromatic heterocycles. The Morgan fingerprint density at radius 3 is 2.77 bits per heavy atom. The maximum atomic E-state index is 14.7. The van der Waals surface area contributed by atoms with Crippen LogP contribution in [0.25, 0.3) is 0 Å². The molecule has 1 amide bonds. The van der Waals surface area contributed by atoms with Crippen molar-refractivity contribution in [3.8, 4) is 17.7 Å². The Labute approximate surface area is 228 Å². The van der Waals surface area contributed by atoms with Crippen LogP contribution in [-0.2, 0) is 17.8 Å². The molecule has 0 aliphatic carbocycles. The van der Waals surface area contributed by atoms with E-state index >= 15 is 0 Å². The number of para-hydroxylation sites is 1. The number of benzene rings is 1. The third kappa shape index (κ3) is 5.11. The Morgan fingerprint density at radius 2 is 2.10 bits per heavy atom. The summed E-state index contributed by atoms with van der Waals surface area (Å²) >= 11 is 0. The van der Waals surface area contributed by atoms with Crippen molar-refractivity contribution in [3.63, 3.8) is 0 Å². The quantitative estimate of drug-likeness (QED) is 0.565. The van der Waals surface area contributed by atoms with E-state index in [1.54, 1.807) is 9.80 Å². The Morgan fingerprint density at radius 1 is 1.28 bits per heavy atom. The van der Waals surface area contributed by atoms with Crippen molar-refractivity contribution in [1.29, 1.82) is 5.26 Å². The number of halogens is 1. The molecule has 3 aliphatic rings. The summed E-state index contributed by atoms with van der Waals surface area (Å²) in [7, 11) is 2.07. The van der Waals surface area contributed by atoms with E-state index in [0.29, 0.717) is 50.5 Å². The van der Waals surface area contributed by atoms with Gasteiger partial charge < -0.3 is 29.4 Å². The zero-order valence-electron chi connectivity index (χ0n) is 22.6. The molecule has 206 valence electrons. The Balaban J connectivity index is 1.53. The van der Waals surface area contributed by atoms with Gasteiger partial charge in [0, 0.05) is 43.8 Å². The number of likely N-dealkylation sites (N-methyl/N-ethyl adjacent to an activating group) is 1. The second kappa shape index (κ2) is 11.1. The molecule has 0 saturated carbocycles. The lowest BCUT2D eigenvalue weighted by Crippen LogP contribution is -2.54. The fourth-order valence-corrected chi connectivity index (χ4v) is 6.07. The molecule has 2 aromatic rings. The van der Waals surface area contributed by atoms with Crippen LogP contribution in [0.15, 0.2) is 30.9 Å². The normalized spacial score (nSPS) is 21.4. The van der Waals surface area contributed by atoms with Gasteiger partial charge in [0.25, 0.3) is 0 Å². The van der Waals surface area contributed by atoms with Crippen LogP contribution in [-0.4, -0.2) is 84.3 Å². The van der Waals surface area contributed by atoms with Crippen molar-refractivity contribution in [2.45, 2.75) is 44.8 Å². The molecule has 2 saturated heterocycles. The van der Waals surface area contributed by atoms with Crippen LogP contribution in [0.3, 0.4) is 0 Å². The van der Waals surface area contributed by atoms with E-state index in [1.165, 1.54) is 24.3 Å². The summed E-state index contributed by atoms with van der Waals surface area (Å²) in [5.41, 5.74) is 2.96. The summed E-state index contributed by atoms with van der Waals surface area (Å²) in [5.74, 6) is -0.442. The number of phenols is 1. The summed E-state index contributed by atoms with van der Waals surface area (Å²) < 4.78 is 21.0. The van der Waals surface area contributed by atoms with Gasteiger partial charge in [-0.05, 0) is 58.0 Å². The lowest BCUT2D eigenvalue weighted by atomic mass is 9.97. The van der Waals surface area contributed by atoms with E-state index in [2.05, 4.69) is 29.5 Å². The minimum Gasteiger partial charge on any atom is -0.506 e. The van der Waals surface area contributed by atoms with Crippen LogP contribution in [0, 0.1) is 17.1 Å². The molecule has 4 heterocycles. The van der Waals surface area contributed by atoms with Gasteiger partial charge in [0.2, 0.25) is 11.8 Å². The van der Waals surface area contributed by atoms with Crippen LogP contribution in [0.5, 0.6) is 11.6 Å². The first kappa shape index (κ1) is 26.8. The third-order valence-corrected chi connectivity index (χ3v) is 8.17. The van der Waals surface area contributed by atoms with Crippen molar-refractivity contribution in [1.82, 2.24) is 14.8 Å². The standard InChI is InChI=1S/C29H35FN6O3/c1-4-26(38)36-14-13-35(16-19(36)2)27-21-10-12-34(28-23(30)8-5-9-25(28)37)17-24(21)32-29(22(27)15-31)39-18-20-7-6-11-33(20)3/h4-5,8-9,19-20,37H,1,6-7,10-14,16-18H2,2-3H3. The number of likely N-dealkylation sites (tertiary alicyclic amines) is 1. The number of pyridine rings is 1. The number of aromatic hydroxyl groups is 1.